The van der Waals surface area contributed by atoms with E-state index in [1.54, 1.807) is 0 Å². The van der Waals surface area contributed by atoms with Gasteiger partial charge in [-0.15, -0.1) is 0 Å². The SMILES string of the molecule is CC(CCO)(c1cccc2c1Cc1ccccc1-2)c1cccc2c1Cc1ccccc1-2. The zero-order chi connectivity index (χ0) is 21.0. The summed E-state index contributed by atoms with van der Waals surface area (Å²) in [5.74, 6) is 0. The molecule has 0 saturated carbocycles. The minimum atomic E-state index is -0.241. The Labute approximate surface area is 184 Å². The average Bonchev–Trinajstić information content (AvgIpc) is 3.37. The molecule has 2 aliphatic rings. The van der Waals surface area contributed by atoms with Crippen molar-refractivity contribution in [3.63, 3.8) is 0 Å². The van der Waals surface area contributed by atoms with Gasteiger partial charge < -0.3 is 5.11 Å². The quantitative estimate of drug-likeness (QED) is 0.356. The Hall–Kier alpha value is -3.16. The molecule has 0 amide bonds. The van der Waals surface area contributed by atoms with Crippen molar-refractivity contribution < 1.29 is 5.11 Å². The Morgan fingerprint density at radius 3 is 1.55 bits per heavy atom. The highest BCUT2D eigenvalue weighted by molar-refractivity contribution is 5.81. The Kier molecular flexibility index (Phi) is 4.16. The van der Waals surface area contributed by atoms with Gasteiger partial charge >= 0.3 is 0 Å². The normalized spacial score (nSPS) is 13.5. The Morgan fingerprint density at radius 1 is 0.613 bits per heavy atom. The molecule has 1 heteroatoms. The molecular weight excluding hydrogens is 376 g/mol. The van der Waals surface area contributed by atoms with E-state index in [0.29, 0.717) is 6.42 Å². The summed E-state index contributed by atoms with van der Waals surface area (Å²) in [7, 11) is 0. The molecule has 0 heterocycles. The first kappa shape index (κ1) is 18.6. The van der Waals surface area contributed by atoms with Crippen LogP contribution in [0.25, 0.3) is 22.3 Å². The minimum absolute atomic E-state index is 0.170. The van der Waals surface area contributed by atoms with Crippen LogP contribution in [0.3, 0.4) is 0 Å². The fourth-order valence-electron chi connectivity index (χ4n) is 5.99. The van der Waals surface area contributed by atoms with Crippen LogP contribution in [0.5, 0.6) is 0 Å². The first-order valence-corrected chi connectivity index (χ1v) is 11.2. The van der Waals surface area contributed by atoms with Crippen LogP contribution in [0.4, 0.5) is 0 Å². The van der Waals surface area contributed by atoms with Gasteiger partial charge in [0, 0.05) is 12.0 Å². The predicted molar refractivity (Wildman–Crippen MR) is 128 cm³/mol. The summed E-state index contributed by atoms with van der Waals surface area (Å²) >= 11 is 0. The van der Waals surface area contributed by atoms with Gasteiger partial charge in [0.25, 0.3) is 0 Å². The van der Waals surface area contributed by atoms with E-state index >= 15 is 0 Å². The predicted octanol–water partition coefficient (Wildman–Crippen LogP) is 6.52. The van der Waals surface area contributed by atoms with Crippen LogP contribution in [0, 0.1) is 0 Å². The third-order valence-corrected chi connectivity index (χ3v) is 7.50. The number of aliphatic hydroxyl groups excluding tert-OH is 1. The van der Waals surface area contributed by atoms with Crippen LogP contribution >= 0.6 is 0 Å². The van der Waals surface area contributed by atoms with Crippen molar-refractivity contribution in [2.24, 2.45) is 0 Å². The zero-order valence-corrected chi connectivity index (χ0v) is 17.9. The number of hydrogen-bond donors (Lipinski definition) is 1. The van der Waals surface area contributed by atoms with E-state index in [9.17, 15) is 5.11 Å². The molecule has 2 aliphatic carbocycles. The lowest BCUT2D eigenvalue weighted by molar-refractivity contribution is 0.258. The average molecular weight is 403 g/mol. The van der Waals surface area contributed by atoms with Crippen molar-refractivity contribution in [3.05, 3.63) is 118 Å². The molecule has 0 aliphatic heterocycles. The van der Waals surface area contributed by atoms with Crippen LogP contribution in [0.1, 0.15) is 46.7 Å². The van der Waals surface area contributed by atoms with Crippen molar-refractivity contribution in [2.75, 3.05) is 6.61 Å². The third-order valence-electron chi connectivity index (χ3n) is 7.50. The van der Waals surface area contributed by atoms with E-state index in [2.05, 4.69) is 91.9 Å². The molecule has 0 radical (unpaired) electrons. The maximum atomic E-state index is 10.2. The highest BCUT2D eigenvalue weighted by Gasteiger charge is 2.37. The smallest absolute Gasteiger partial charge is 0.0442 e. The maximum absolute atomic E-state index is 10.2. The van der Waals surface area contributed by atoms with Gasteiger partial charge in [0.1, 0.15) is 0 Å². The van der Waals surface area contributed by atoms with Crippen molar-refractivity contribution >= 4 is 0 Å². The molecule has 1 N–H and O–H groups in total. The number of fused-ring (bicyclic) bond motifs is 6. The van der Waals surface area contributed by atoms with Gasteiger partial charge in [0.2, 0.25) is 0 Å². The molecule has 0 spiro atoms. The van der Waals surface area contributed by atoms with E-state index in [4.69, 9.17) is 0 Å². The van der Waals surface area contributed by atoms with Gasteiger partial charge in [-0.1, -0.05) is 91.9 Å². The largest absolute Gasteiger partial charge is 0.396 e. The van der Waals surface area contributed by atoms with E-state index in [-0.39, 0.29) is 12.0 Å². The van der Waals surface area contributed by atoms with E-state index in [1.807, 2.05) is 0 Å². The standard InChI is InChI=1S/C30H26O/c1-30(16-17-31,28-14-6-12-24-22-10-4-2-8-20(22)18-26(24)28)29-15-7-13-25-23-11-5-3-9-21(23)19-27(25)29/h2-15,31H,16-19H2,1H3. The fourth-order valence-corrected chi connectivity index (χ4v) is 5.99. The van der Waals surface area contributed by atoms with E-state index in [0.717, 1.165) is 12.8 Å². The van der Waals surface area contributed by atoms with Crippen LogP contribution < -0.4 is 0 Å². The lowest BCUT2D eigenvalue weighted by Gasteiger charge is -2.34. The molecule has 0 fully saturated rings. The number of hydrogen-bond acceptors (Lipinski definition) is 1. The van der Waals surface area contributed by atoms with Crippen LogP contribution in [-0.2, 0) is 18.3 Å². The molecule has 0 saturated heterocycles. The maximum Gasteiger partial charge on any atom is 0.0442 e. The van der Waals surface area contributed by atoms with Crippen molar-refractivity contribution in [1.29, 1.82) is 0 Å². The molecular formula is C30H26O. The molecule has 152 valence electrons. The van der Waals surface area contributed by atoms with Crippen molar-refractivity contribution in [3.8, 4) is 22.3 Å². The van der Waals surface area contributed by atoms with Gasteiger partial charge in [-0.3, -0.25) is 0 Å². The van der Waals surface area contributed by atoms with Crippen molar-refractivity contribution in [1.82, 2.24) is 0 Å². The topological polar surface area (TPSA) is 20.2 Å². The highest BCUT2D eigenvalue weighted by Crippen LogP contribution is 2.48. The third kappa shape index (κ3) is 2.66. The molecule has 4 aromatic carbocycles. The van der Waals surface area contributed by atoms with Crippen LogP contribution in [0.2, 0.25) is 0 Å². The summed E-state index contributed by atoms with van der Waals surface area (Å²) in [5.41, 5.74) is 13.6. The summed E-state index contributed by atoms with van der Waals surface area (Å²) in [6, 6.07) is 31.0. The molecule has 0 unspecified atom stereocenters. The highest BCUT2D eigenvalue weighted by atomic mass is 16.3. The van der Waals surface area contributed by atoms with E-state index < -0.39 is 0 Å². The van der Waals surface area contributed by atoms with Crippen LogP contribution in [0.15, 0.2) is 84.9 Å². The first-order valence-electron chi connectivity index (χ1n) is 11.2. The summed E-state index contributed by atoms with van der Waals surface area (Å²) in [5, 5.41) is 10.2. The number of aliphatic hydroxyl groups is 1. The van der Waals surface area contributed by atoms with Gasteiger partial charge in [-0.05, 0) is 74.9 Å². The summed E-state index contributed by atoms with van der Waals surface area (Å²) in [6.45, 7) is 2.50. The Bertz CT molecular complexity index is 1220. The van der Waals surface area contributed by atoms with E-state index in [1.165, 1.54) is 55.6 Å². The van der Waals surface area contributed by atoms with Gasteiger partial charge in [0.05, 0.1) is 0 Å². The zero-order valence-electron chi connectivity index (χ0n) is 17.9. The summed E-state index contributed by atoms with van der Waals surface area (Å²) in [6.07, 6.45) is 2.66. The van der Waals surface area contributed by atoms with Gasteiger partial charge in [0.15, 0.2) is 0 Å². The Morgan fingerprint density at radius 2 is 1.06 bits per heavy atom. The lowest BCUT2D eigenvalue weighted by Crippen LogP contribution is -2.28. The van der Waals surface area contributed by atoms with Gasteiger partial charge in [-0.25, -0.2) is 0 Å². The molecule has 1 nitrogen and oxygen atoms in total. The molecule has 0 bridgehead atoms. The lowest BCUT2D eigenvalue weighted by atomic mass is 9.69. The summed E-state index contributed by atoms with van der Waals surface area (Å²) in [4.78, 5) is 0. The monoisotopic (exact) mass is 402 g/mol. The molecule has 6 rings (SSSR count). The molecule has 31 heavy (non-hydrogen) atoms. The fraction of sp³-hybridized carbons (Fsp3) is 0.200. The van der Waals surface area contributed by atoms with Crippen molar-refractivity contribution in [2.45, 2.75) is 31.6 Å². The van der Waals surface area contributed by atoms with Crippen LogP contribution in [-0.4, -0.2) is 11.7 Å². The molecule has 4 aromatic rings. The van der Waals surface area contributed by atoms with Gasteiger partial charge in [-0.2, -0.15) is 0 Å². The second kappa shape index (κ2) is 6.93. The first-order chi connectivity index (χ1) is 15.2. The molecule has 0 atom stereocenters. The number of rotatable bonds is 4. The Balaban J connectivity index is 1.56. The second-order valence-electron chi connectivity index (χ2n) is 9.14. The molecule has 0 aromatic heterocycles. The minimum Gasteiger partial charge on any atom is -0.396 e. The second-order valence-corrected chi connectivity index (χ2v) is 9.14. The number of benzene rings is 4. The summed E-state index contributed by atoms with van der Waals surface area (Å²) < 4.78 is 0.